The molecule has 0 bridgehead atoms. The lowest BCUT2D eigenvalue weighted by Gasteiger charge is -2.43. The lowest BCUT2D eigenvalue weighted by molar-refractivity contribution is -0.174. The van der Waals surface area contributed by atoms with Crippen molar-refractivity contribution in [3.63, 3.8) is 0 Å². The van der Waals surface area contributed by atoms with Gasteiger partial charge in [0.25, 0.3) is 11.8 Å². The van der Waals surface area contributed by atoms with Crippen LogP contribution in [0, 0.1) is 0 Å². The smallest absolute Gasteiger partial charge is 0.347 e. The van der Waals surface area contributed by atoms with Gasteiger partial charge in [-0.15, -0.1) is 4.37 Å². The van der Waals surface area contributed by atoms with E-state index in [4.69, 9.17) is 23.4 Å². The van der Waals surface area contributed by atoms with Gasteiger partial charge in [0.05, 0.1) is 31.0 Å². The normalized spacial score (nSPS) is 16.9. The number of hydrogen-bond acceptors (Lipinski definition) is 12. The zero-order chi connectivity index (χ0) is 31.2. The standard InChI is InChI=1S/C27H48N4O8SSi/c1-18(38-25(34)19(2)37-20(3)32)24(33)31(26(4,5)6)16-21(39-41(10,11)27(7,8)9)17-36-23-22(28-40-29-23)30-12-14-35-15-13-30/h18-19,21H,12-17H2,1-11H3/t18?,19?,21-/m0/s1. The second-order valence-electron chi connectivity index (χ2n) is 12.8. The molecule has 0 spiro atoms. The van der Waals surface area contributed by atoms with Crippen LogP contribution < -0.4 is 9.64 Å². The molecular formula is C27H48N4O8SSi. The average Bonchev–Trinajstić information content (AvgIpc) is 3.32. The fourth-order valence-corrected chi connectivity index (χ4v) is 5.71. The monoisotopic (exact) mass is 616 g/mol. The van der Waals surface area contributed by atoms with Gasteiger partial charge in [0, 0.05) is 32.1 Å². The van der Waals surface area contributed by atoms with E-state index in [1.54, 1.807) is 4.90 Å². The summed E-state index contributed by atoms with van der Waals surface area (Å²) in [5.74, 6) is -0.692. The van der Waals surface area contributed by atoms with Crippen LogP contribution in [0.2, 0.25) is 18.1 Å². The zero-order valence-corrected chi connectivity index (χ0v) is 28.3. The number of morpholine rings is 1. The van der Waals surface area contributed by atoms with Crippen molar-refractivity contribution < 1.29 is 37.8 Å². The van der Waals surface area contributed by atoms with Gasteiger partial charge in [-0.1, -0.05) is 20.8 Å². The molecule has 1 fully saturated rings. The van der Waals surface area contributed by atoms with Gasteiger partial charge in [-0.2, -0.15) is 4.37 Å². The van der Waals surface area contributed by atoms with E-state index in [1.807, 2.05) is 20.8 Å². The number of nitrogens with zero attached hydrogens (tertiary/aromatic N) is 4. The van der Waals surface area contributed by atoms with Crippen LogP contribution in [-0.2, 0) is 33.0 Å². The molecule has 1 saturated heterocycles. The molecule has 1 aliphatic rings. The Balaban J connectivity index is 2.27. The fraction of sp³-hybridized carbons (Fsp3) is 0.815. The SMILES string of the molecule is CC(=O)OC(C)C(=O)OC(C)C(=O)N(C[C@@H](COc1nsnc1N1CCOCC1)O[Si](C)(C)C(C)(C)C)C(C)(C)C. The summed E-state index contributed by atoms with van der Waals surface area (Å²) >= 11 is 1.08. The molecule has 0 aliphatic carbocycles. The molecule has 2 unspecified atom stereocenters. The van der Waals surface area contributed by atoms with Crippen molar-refractivity contribution in [1.82, 2.24) is 13.6 Å². The molecule has 0 N–H and O–H groups in total. The minimum Gasteiger partial charge on any atom is -0.472 e. The number of hydrogen-bond donors (Lipinski definition) is 0. The van der Waals surface area contributed by atoms with Crippen molar-refractivity contribution >= 4 is 43.7 Å². The molecule has 0 saturated carbocycles. The minimum atomic E-state index is -2.29. The molecule has 234 valence electrons. The second-order valence-corrected chi connectivity index (χ2v) is 18.0. The summed E-state index contributed by atoms with van der Waals surface area (Å²) in [6.07, 6.45) is -2.73. The van der Waals surface area contributed by atoms with Crippen molar-refractivity contribution in [3.05, 3.63) is 0 Å². The van der Waals surface area contributed by atoms with Crippen LogP contribution in [0.25, 0.3) is 0 Å². The Labute approximate surface area is 249 Å². The van der Waals surface area contributed by atoms with E-state index in [-0.39, 0.29) is 18.2 Å². The molecule has 0 radical (unpaired) electrons. The highest BCUT2D eigenvalue weighted by Crippen LogP contribution is 2.38. The maximum atomic E-state index is 13.7. The van der Waals surface area contributed by atoms with Crippen LogP contribution in [-0.4, -0.2) is 103 Å². The Kier molecular flexibility index (Phi) is 12.1. The van der Waals surface area contributed by atoms with Crippen LogP contribution in [0.15, 0.2) is 0 Å². The fourth-order valence-electron chi connectivity index (χ4n) is 3.86. The van der Waals surface area contributed by atoms with E-state index >= 15 is 0 Å². The number of amides is 1. The van der Waals surface area contributed by atoms with E-state index in [2.05, 4.69) is 47.5 Å². The Morgan fingerprint density at radius 3 is 2.17 bits per heavy atom. The molecule has 0 aromatic carbocycles. The number of rotatable bonds is 12. The Morgan fingerprint density at radius 2 is 1.63 bits per heavy atom. The third kappa shape index (κ3) is 10.2. The lowest BCUT2D eigenvalue weighted by Crippen LogP contribution is -2.56. The highest BCUT2D eigenvalue weighted by molar-refractivity contribution is 6.99. The summed E-state index contributed by atoms with van der Waals surface area (Å²) in [5.41, 5.74) is -0.630. The van der Waals surface area contributed by atoms with Gasteiger partial charge in [-0.25, -0.2) is 4.79 Å². The summed E-state index contributed by atoms with van der Waals surface area (Å²) in [6.45, 7) is 23.5. The predicted octanol–water partition coefficient (Wildman–Crippen LogP) is 3.65. The molecule has 14 heteroatoms. The van der Waals surface area contributed by atoms with Crippen LogP contribution in [0.3, 0.4) is 0 Å². The molecule has 41 heavy (non-hydrogen) atoms. The van der Waals surface area contributed by atoms with Gasteiger partial charge < -0.3 is 33.2 Å². The number of ether oxygens (including phenoxy) is 4. The van der Waals surface area contributed by atoms with Gasteiger partial charge in [-0.05, 0) is 52.8 Å². The van der Waals surface area contributed by atoms with E-state index in [1.165, 1.54) is 20.8 Å². The molecule has 2 rings (SSSR count). The first kappa shape index (κ1) is 34.9. The Hall–Kier alpha value is -2.29. The summed E-state index contributed by atoms with van der Waals surface area (Å²) in [5, 5.41) is -0.0847. The predicted molar refractivity (Wildman–Crippen MR) is 159 cm³/mol. The topological polar surface area (TPSA) is 130 Å². The van der Waals surface area contributed by atoms with Gasteiger partial charge in [0.15, 0.2) is 20.5 Å². The molecule has 12 nitrogen and oxygen atoms in total. The van der Waals surface area contributed by atoms with Gasteiger partial charge in [0.1, 0.15) is 6.61 Å². The Bertz CT molecular complexity index is 1030. The third-order valence-corrected chi connectivity index (χ3v) is 12.2. The van der Waals surface area contributed by atoms with Crippen molar-refractivity contribution in [2.75, 3.05) is 44.4 Å². The molecule has 2 heterocycles. The highest BCUT2D eigenvalue weighted by Gasteiger charge is 2.42. The number of esters is 2. The first-order chi connectivity index (χ1) is 18.8. The van der Waals surface area contributed by atoms with Crippen LogP contribution in [0.1, 0.15) is 62.3 Å². The quantitative estimate of drug-likeness (QED) is 0.252. The maximum absolute atomic E-state index is 13.7. The largest absolute Gasteiger partial charge is 0.472 e. The number of carbonyl (C=O) groups is 3. The molecule has 1 amide bonds. The lowest BCUT2D eigenvalue weighted by atomic mass is 10.0. The summed E-state index contributed by atoms with van der Waals surface area (Å²) in [6, 6.07) is 0. The maximum Gasteiger partial charge on any atom is 0.347 e. The van der Waals surface area contributed by atoms with Crippen molar-refractivity contribution in [3.8, 4) is 5.88 Å². The van der Waals surface area contributed by atoms with E-state index in [0.29, 0.717) is 38.0 Å². The van der Waals surface area contributed by atoms with Crippen LogP contribution in [0.5, 0.6) is 5.88 Å². The molecular weight excluding hydrogens is 568 g/mol. The first-order valence-corrected chi connectivity index (χ1v) is 17.6. The van der Waals surface area contributed by atoms with Crippen molar-refractivity contribution in [2.24, 2.45) is 0 Å². The Morgan fingerprint density at radius 1 is 1.02 bits per heavy atom. The zero-order valence-electron chi connectivity index (χ0n) is 26.4. The second kappa shape index (κ2) is 14.3. The third-order valence-electron chi connectivity index (χ3n) is 7.20. The van der Waals surface area contributed by atoms with Gasteiger partial charge >= 0.3 is 11.9 Å². The number of carbonyl (C=O) groups excluding carboxylic acids is 3. The van der Waals surface area contributed by atoms with Crippen LogP contribution in [0.4, 0.5) is 5.82 Å². The summed E-state index contributed by atoms with van der Waals surface area (Å²) in [4.78, 5) is 41.1. The molecule has 1 aromatic heterocycles. The molecule has 1 aliphatic heterocycles. The highest BCUT2D eigenvalue weighted by atomic mass is 32.1. The van der Waals surface area contributed by atoms with E-state index < -0.39 is 50.0 Å². The molecule has 1 aromatic rings. The number of aromatic nitrogens is 2. The summed E-state index contributed by atoms with van der Waals surface area (Å²) in [7, 11) is -2.29. The van der Waals surface area contributed by atoms with E-state index in [0.717, 1.165) is 11.7 Å². The number of anilines is 1. The van der Waals surface area contributed by atoms with Gasteiger partial charge in [-0.3, -0.25) is 9.59 Å². The first-order valence-electron chi connectivity index (χ1n) is 14.0. The average molecular weight is 617 g/mol. The van der Waals surface area contributed by atoms with Crippen molar-refractivity contribution in [2.45, 2.75) is 104 Å². The molecule has 3 atom stereocenters. The van der Waals surface area contributed by atoms with Gasteiger partial charge in [0.2, 0.25) is 5.82 Å². The minimum absolute atomic E-state index is 0.0847. The van der Waals surface area contributed by atoms with Crippen LogP contribution >= 0.6 is 11.7 Å². The summed E-state index contributed by atoms with van der Waals surface area (Å²) < 4.78 is 37.6. The van der Waals surface area contributed by atoms with E-state index in [9.17, 15) is 14.4 Å². The van der Waals surface area contributed by atoms with Crippen molar-refractivity contribution in [1.29, 1.82) is 0 Å².